The van der Waals surface area contributed by atoms with Gasteiger partial charge in [-0.3, -0.25) is 0 Å². The summed E-state index contributed by atoms with van der Waals surface area (Å²) in [5, 5.41) is 4.34. The van der Waals surface area contributed by atoms with Gasteiger partial charge in [-0.2, -0.15) is 11.8 Å². The van der Waals surface area contributed by atoms with Crippen LogP contribution in [0, 0.1) is 0 Å². The number of benzene rings is 1. The van der Waals surface area contributed by atoms with E-state index < -0.39 is 0 Å². The molecule has 0 spiro atoms. The van der Waals surface area contributed by atoms with Crippen molar-refractivity contribution in [3.8, 4) is 0 Å². The molecule has 1 unspecified atom stereocenters. The van der Waals surface area contributed by atoms with Crippen LogP contribution in [-0.4, -0.2) is 30.1 Å². The largest absolute Gasteiger partial charge is 0.371 e. The second-order valence-corrected chi connectivity index (χ2v) is 8.06. The number of hydrogen-bond donors (Lipinski definition) is 1. The summed E-state index contributed by atoms with van der Waals surface area (Å²) in [5.41, 5.74) is 2.50. The lowest BCUT2D eigenvalue weighted by Crippen LogP contribution is -2.35. The molecule has 0 saturated carbocycles. The van der Waals surface area contributed by atoms with Gasteiger partial charge in [0, 0.05) is 41.6 Å². The van der Waals surface area contributed by atoms with Gasteiger partial charge in [-0.25, -0.2) is 0 Å². The molecule has 0 bridgehead atoms. The molecule has 1 aromatic carbocycles. The van der Waals surface area contributed by atoms with E-state index in [1.165, 1.54) is 29.2 Å². The first-order valence-electron chi connectivity index (χ1n) is 7.21. The van der Waals surface area contributed by atoms with Gasteiger partial charge in [-0.05, 0) is 50.6 Å². The molecule has 0 amide bonds. The zero-order valence-corrected chi connectivity index (χ0v) is 14.4. The highest BCUT2D eigenvalue weighted by atomic mass is 35.5. The Balaban J connectivity index is 2.05. The van der Waals surface area contributed by atoms with Crippen LogP contribution in [0.2, 0.25) is 5.02 Å². The van der Waals surface area contributed by atoms with Crippen LogP contribution in [0.5, 0.6) is 0 Å². The van der Waals surface area contributed by atoms with Crippen LogP contribution in [0.15, 0.2) is 18.2 Å². The molecule has 1 N–H and O–H groups in total. The third-order valence-corrected chi connectivity index (χ3v) is 5.20. The Labute approximate surface area is 132 Å². The lowest BCUT2D eigenvalue weighted by Gasteiger charge is -2.27. The van der Waals surface area contributed by atoms with E-state index in [4.69, 9.17) is 11.6 Å². The molecule has 0 aromatic heterocycles. The molecule has 20 heavy (non-hydrogen) atoms. The van der Waals surface area contributed by atoms with Crippen molar-refractivity contribution in [2.24, 2.45) is 0 Å². The van der Waals surface area contributed by atoms with Crippen LogP contribution in [0.25, 0.3) is 0 Å². The van der Waals surface area contributed by atoms with Crippen molar-refractivity contribution in [3.63, 3.8) is 0 Å². The molecule has 0 radical (unpaired) electrons. The second-order valence-electron chi connectivity index (χ2n) is 6.51. The third kappa shape index (κ3) is 4.31. The molecule has 2 nitrogen and oxygen atoms in total. The Morgan fingerprint density at radius 1 is 1.40 bits per heavy atom. The van der Waals surface area contributed by atoms with Crippen molar-refractivity contribution >= 4 is 29.1 Å². The second kappa shape index (κ2) is 6.59. The Morgan fingerprint density at radius 3 is 2.70 bits per heavy atom. The lowest BCUT2D eigenvalue weighted by atomic mass is 10.1. The smallest absolute Gasteiger partial charge is 0.0471 e. The number of thioether (sulfide) groups is 1. The van der Waals surface area contributed by atoms with Gasteiger partial charge in [-0.15, -0.1) is 0 Å². The SMILES string of the molecule is CN(c1ccc(CNC(C)(C)C)c(Cl)c1)C1CCSC1. The fourth-order valence-electron chi connectivity index (χ4n) is 2.30. The summed E-state index contributed by atoms with van der Waals surface area (Å²) in [6.45, 7) is 7.31. The molecule has 1 saturated heterocycles. The number of rotatable bonds is 4. The number of halogens is 1. The Hall–Kier alpha value is -0.380. The van der Waals surface area contributed by atoms with Crippen LogP contribution in [0.3, 0.4) is 0 Å². The van der Waals surface area contributed by atoms with Gasteiger partial charge in [-0.1, -0.05) is 17.7 Å². The monoisotopic (exact) mass is 312 g/mol. The first kappa shape index (κ1) is 16.0. The summed E-state index contributed by atoms with van der Waals surface area (Å²) >= 11 is 8.48. The van der Waals surface area contributed by atoms with Crippen molar-refractivity contribution in [2.45, 2.75) is 45.3 Å². The minimum absolute atomic E-state index is 0.111. The zero-order chi connectivity index (χ0) is 14.8. The van der Waals surface area contributed by atoms with E-state index in [0.29, 0.717) is 6.04 Å². The van der Waals surface area contributed by atoms with E-state index in [0.717, 1.165) is 11.6 Å². The standard InChI is InChI=1S/C16H25ClN2S/c1-16(2,3)18-10-12-5-6-13(9-15(12)17)19(4)14-7-8-20-11-14/h5-6,9,14,18H,7-8,10-11H2,1-4H3. The lowest BCUT2D eigenvalue weighted by molar-refractivity contribution is 0.424. The van der Waals surface area contributed by atoms with Crippen molar-refractivity contribution < 1.29 is 0 Å². The third-order valence-electron chi connectivity index (χ3n) is 3.71. The van der Waals surface area contributed by atoms with Crippen molar-refractivity contribution in [1.29, 1.82) is 0 Å². The molecule has 1 heterocycles. The Bertz CT molecular complexity index is 450. The van der Waals surface area contributed by atoms with Gasteiger partial charge in [0.05, 0.1) is 0 Å². The predicted octanol–water partition coefficient (Wildman–Crippen LogP) is 4.17. The van der Waals surface area contributed by atoms with Crippen LogP contribution >= 0.6 is 23.4 Å². The van der Waals surface area contributed by atoms with E-state index in [9.17, 15) is 0 Å². The Kier molecular flexibility index (Phi) is 5.27. The first-order valence-corrected chi connectivity index (χ1v) is 8.74. The maximum absolute atomic E-state index is 6.44. The highest BCUT2D eigenvalue weighted by Gasteiger charge is 2.20. The summed E-state index contributed by atoms with van der Waals surface area (Å²) < 4.78 is 0. The van der Waals surface area contributed by atoms with Gasteiger partial charge in [0.1, 0.15) is 0 Å². The quantitative estimate of drug-likeness (QED) is 0.898. The minimum atomic E-state index is 0.111. The Morgan fingerprint density at radius 2 is 2.15 bits per heavy atom. The van der Waals surface area contributed by atoms with E-state index in [2.05, 4.69) is 56.2 Å². The molecule has 1 aromatic rings. The fraction of sp³-hybridized carbons (Fsp3) is 0.625. The topological polar surface area (TPSA) is 15.3 Å². The molecule has 112 valence electrons. The van der Waals surface area contributed by atoms with E-state index in [-0.39, 0.29) is 5.54 Å². The highest BCUT2D eigenvalue weighted by Crippen LogP contribution is 2.29. The molecule has 1 aliphatic heterocycles. The molecule has 0 aliphatic carbocycles. The molecule has 1 fully saturated rings. The molecular formula is C16H25ClN2S. The summed E-state index contributed by atoms with van der Waals surface area (Å²) in [5.74, 6) is 2.50. The maximum atomic E-state index is 6.44. The fourth-order valence-corrected chi connectivity index (χ4v) is 3.81. The van der Waals surface area contributed by atoms with Gasteiger partial charge >= 0.3 is 0 Å². The molecule has 4 heteroatoms. The average Bonchev–Trinajstić information content (AvgIpc) is 2.89. The summed E-state index contributed by atoms with van der Waals surface area (Å²) in [6.07, 6.45) is 1.27. The number of hydrogen-bond acceptors (Lipinski definition) is 3. The predicted molar refractivity (Wildman–Crippen MR) is 92.2 cm³/mol. The zero-order valence-electron chi connectivity index (χ0n) is 12.9. The van der Waals surface area contributed by atoms with E-state index >= 15 is 0 Å². The maximum Gasteiger partial charge on any atom is 0.0471 e. The average molecular weight is 313 g/mol. The van der Waals surface area contributed by atoms with Gasteiger partial charge < -0.3 is 10.2 Å². The van der Waals surface area contributed by atoms with Gasteiger partial charge in [0.2, 0.25) is 0 Å². The molecular weight excluding hydrogens is 288 g/mol. The van der Waals surface area contributed by atoms with Gasteiger partial charge in [0.15, 0.2) is 0 Å². The highest BCUT2D eigenvalue weighted by molar-refractivity contribution is 7.99. The number of nitrogens with zero attached hydrogens (tertiary/aromatic N) is 1. The van der Waals surface area contributed by atoms with E-state index in [1.54, 1.807) is 0 Å². The summed E-state index contributed by atoms with van der Waals surface area (Å²) in [4.78, 5) is 2.37. The molecule has 1 aliphatic rings. The number of nitrogens with one attached hydrogen (secondary N) is 1. The van der Waals surface area contributed by atoms with Crippen molar-refractivity contribution in [1.82, 2.24) is 5.32 Å². The molecule has 1 atom stereocenters. The first-order chi connectivity index (χ1) is 9.37. The molecule has 2 rings (SSSR count). The van der Waals surface area contributed by atoms with E-state index in [1.807, 2.05) is 11.8 Å². The van der Waals surface area contributed by atoms with Crippen LogP contribution in [0.1, 0.15) is 32.8 Å². The normalized spacial score (nSPS) is 19.4. The van der Waals surface area contributed by atoms with Crippen LogP contribution in [-0.2, 0) is 6.54 Å². The van der Waals surface area contributed by atoms with Crippen LogP contribution in [0.4, 0.5) is 5.69 Å². The van der Waals surface area contributed by atoms with Gasteiger partial charge in [0.25, 0.3) is 0 Å². The van der Waals surface area contributed by atoms with Crippen molar-refractivity contribution in [2.75, 3.05) is 23.5 Å². The minimum Gasteiger partial charge on any atom is -0.371 e. The van der Waals surface area contributed by atoms with Crippen LogP contribution < -0.4 is 10.2 Å². The number of anilines is 1. The summed E-state index contributed by atoms with van der Waals surface area (Å²) in [6, 6.07) is 7.09. The van der Waals surface area contributed by atoms with Crippen molar-refractivity contribution in [3.05, 3.63) is 28.8 Å². The summed E-state index contributed by atoms with van der Waals surface area (Å²) in [7, 11) is 2.18.